The van der Waals surface area contributed by atoms with E-state index in [0.717, 1.165) is 57.0 Å². The average molecular weight is 550 g/mol. The Morgan fingerprint density at radius 3 is 2.51 bits per heavy atom. The number of nitrogens with zero attached hydrogens (tertiary/aromatic N) is 4. The van der Waals surface area contributed by atoms with E-state index >= 15 is 0 Å². The van der Waals surface area contributed by atoms with Crippen molar-refractivity contribution in [3.8, 4) is 17.2 Å². The Kier molecular flexibility index (Phi) is 9.51. The molecule has 0 unspecified atom stereocenters. The number of rotatable bonds is 3. The minimum absolute atomic E-state index is 0.135. The lowest BCUT2D eigenvalue weighted by Gasteiger charge is -2.27. The summed E-state index contributed by atoms with van der Waals surface area (Å²) in [5.74, 6) is 2.43. The van der Waals surface area contributed by atoms with Crippen LogP contribution in [0.15, 0.2) is 54.7 Å². The maximum Gasteiger partial charge on any atom is 0.238 e. The van der Waals surface area contributed by atoms with Gasteiger partial charge in [-0.1, -0.05) is 36.6 Å². The van der Waals surface area contributed by atoms with Crippen molar-refractivity contribution in [3.05, 3.63) is 65.4 Å². The van der Waals surface area contributed by atoms with Crippen LogP contribution >= 0.6 is 11.6 Å². The van der Waals surface area contributed by atoms with Gasteiger partial charge in [0.1, 0.15) is 0 Å². The Hall–Kier alpha value is -3.36. The van der Waals surface area contributed by atoms with Gasteiger partial charge in [-0.15, -0.1) is 0 Å². The third kappa shape index (κ3) is 7.83. The Morgan fingerprint density at radius 1 is 0.872 bits per heavy atom. The van der Waals surface area contributed by atoms with Crippen LogP contribution in [0.1, 0.15) is 50.6 Å². The highest BCUT2D eigenvalue weighted by Crippen LogP contribution is 2.36. The molecule has 0 bridgehead atoms. The first kappa shape index (κ1) is 27.2. The smallest absolute Gasteiger partial charge is 0.238 e. The van der Waals surface area contributed by atoms with Gasteiger partial charge in [0.15, 0.2) is 17.2 Å². The van der Waals surface area contributed by atoms with Crippen LogP contribution in [-0.4, -0.2) is 53.6 Å². The Labute approximate surface area is 235 Å². The lowest BCUT2D eigenvalue weighted by molar-refractivity contribution is -0.117. The number of anilines is 2. The highest BCUT2D eigenvalue weighted by atomic mass is 35.5. The minimum atomic E-state index is -0.135. The molecule has 1 fully saturated rings. The number of piperidine rings is 1. The topological polar surface area (TPSA) is 79.8 Å². The van der Waals surface area contributed by atoms with Crippen LogP contribution in [0, 0.1) is 0 Å². The summed E-state index contributed by atoms with van der Waals surface area (Å²) in [6.07, 6.45) is 9.48. The van der Waals surface area contributed by atoms with Crippen molar-refractivity contribution in [2.75, 3.05) is 43.0 Å². The molecular weight excluding hydrogens is 514 g/mol. The van der Waals surface area contributed by atoms with E-state index < -0.39 is 0 Å². The van der Waals surface area contributed by atoms with Gasteiger partial charge in [0.05, 0.1) is 24.5 Å². The molecule has 206 valence electrons. The predicted octanol–water partition coefficient (Wildman–Crippen LogP) is 6.31. The summed E-state index contributed by atoms with van der Waals surface area (Å²) in [5, 5.41) is 3.53. The lowest BCUT2D eigenvalue weighted by atomic mass is 10.1. The first-order chi connectivity index (χ1) is 19.1. The van der Waals surface area contributed by atoms with E-state index in [4.69, 9.17) is 26.1 Å². The van der Waals surface area contributed by atoms with Gasteiger partial charge < -0.3 is 19.7 Å². The maximum absolute atomic E-state index is 13.3. The normalized spacial score (nSPS) is 17.8. The van der Waals surface area contributed by atoms with Crippen molar-refractivity contribution in [1.29, 1.82) is 0 Å². The molecule has 9 heteroatoms. The molecule has 0 saturated carbocycles. The van der Waals surface area contributed by atoms with Crippen LogP contribution in [0.3, 0.4) is 0 Å². The number of aromatic nitrogens is 2. The van der Waals surface area contributed by atoms with E-state index in [0.29, 0.717) is 41.1 Å². The molecule has 0 spiro atoms. The van der Waals surface area contributed by atoms with Crippen LogP contribution in [0.5, 0.6) is 17.2 Å². The van der Waals surface area contributed by atoms with E-state index in [1.165, 1.54) is 19.3 Å². The fraction of sp³-hybridized carbons (Fsp3) is 0.433. The average Bonchev–Trinajstić information content (AvgIpc) is 2.95. The van der Waals surface area contributed by atoms with E-state index in [1.54, 1.807) is 18.2 Å². The van der Waals surface area contributed by atoms with Crippen LogP contribution in [0.4, 0.5) is 11.6 Å². The van der Waals surface area contributed by atoms with E-state index in [-0.39, 0.29) is 12.5 Å². The molecule has 2 aliphatic rings. The number of carbonyl (C=O) groups excluding carboxylic acids is 1. The molecule has 3 heterocycles. The van der Waals surface area contributed by atoms with E-state index in [2.05, 4.69) is 20.1 Å². The van der Waals surface area contributed by atoms with Gasteiger partial charge in [-0.3, -0.25) is 9.69 Å². The van der Waals surface area contributed by atoms with Crippen LogP contribution in [0.2, 0.25) is 5.02 Å². The molecule has 2 aliphatic heterocycles. The summed E-state index contributed by atoms with van der Waals surface area (Å²) < 4.78 is 12.2. The highest BCUT2D eigenvalue weighted by molar-refractivity contribution is 6.31. The lowest BCUT2D eigenvalue weighted by Crippen LogP contribution is -2.34. The molecule has 1 N–H and O–H groups in total. The van der Waals surface area contributed by atoms with E-state index in [1.807, 2.05) is 36.5 Å². The van der Waals surface area contributed by atoms with Gasteiger partial charge >= 0.3 is 0 Å². The molecule has 1 amide bonds. The molecule has 0 atom stereocenters. The van der Waals surface area contributed by atoms with Crippen LogP contribution in [-0.2, 0) is 11.3 Å². The summed E-state index contributed by atoms with van der Waals surface area (Å²) in [6.45, 7) is 4.20. The molecule has 1 aromatic heterocycles. The summed E-state index contributed by atoms with van der Waals surface area (Å²) >= 11 is 6.29. The first-order valence-electron chi connectivity index (χ1n) is 13.9. The van der Waals surface area contributed by atoms with Gasteiger partial charge in [0.25, 0.3) is 0 Å². The molecule has 8 nitrogen and oxygen atoms in total. The van der Waals surface area contributed by atoms with Gasteiger partial charge in [0.2, 0.25) is 11.9 Å². The summed E-state index contributed by atoms with van der Waals surface area (Å²) in [5.41, 5.74) is 1.44. The zero-order valence-corrected chi connectivity index (χ0v) is 23.0. The fourth-order valence-corrected chi connectivity index (χ4v) is 5.16. The molecular formula is C30H36ClN5O3. The molecule has 1 saturated heterocycles. The zero-order valence-electron chi connectivity index (χ0n) is 22.3. The molecule has 0 aliphatic carbocycles. The number of carbonyl (C=O) groups is 1. The number of hydrogen-bond donors (Lipinski definition) is 1. The quantitative estimate of drug-likeness (QED) is 0.410. The number of ether oxygens (including phenoxy) is 2. The Balaban J connectivity index is 1.34. The first-order valence-corrected chi connectivity index (χ1v) is 14.3. The van der Waals surface area contributed by atoms with Gasteiger partial charge in [-0.2, -0.15) is 0 Å². The summed E-state index contributed by atoms with van der Waals surface area (Å²) in [7, 11) is 0. The predicted molar refractivity (Wildman–Crippen MR) is 154 cm³/mol. The van der Waals surface area contributed by atoms with Gasteiger partial charge in [0, 0.05) is 30.9 Å². The monoisotopic (exact) mass is 549 g/mol. The van der Waals surface area contributed by atoms with Gasteiger partial charge in [-0.05, 0) is 75.0 Å². The highest BCUT2D eigenvalue weighted by Gasteiger charge is 2.18. The minimum Gasteiger partial charge on any atom is -0.490 e. The van der Waals surface area contributed by atoms with E-state index in [9.17, 15) is 4.79 Å². The second kappa shape index (κ2) is 13.6. The number of halogens is 1. The molecule has 3 aromatic rings. The zero-order chi connectivity index (χ0) is 26.9. The third-order valence-electron chi connectivity index (χ3n) is 7.00. The largest absolute Gasteiger partial charge is 0.490 e. The standard InChI is InChI=1S/C30H36ClN5O3/c31-23-12-13-26-25(20-23)34-29(37)22-35(21-24-14-15-32-30(33-24)36-17-7-3-8-18-36)16-6-1-2-9-19-38-27-10-4-5-11-28(27)39-26/h4-5,10-15,20H,1-3,6-9,16-19,21-22H2,(H,34,37). The van der Waals surface area contributed by atoms with Crippen molar-refractivity contribution in [3.63, 3.8) is 0 Å². The van der Waals surface area contributed by atoms with Crippen molar-refractivity contribution in [1.82, 2.24) is 14.9 Å². The summed E-state index contributed by atoms with van der Waals surface area (Å²) in [6, 6.07) is 14.7. The maximum atomic E-state index is 13.3. The third-order valence-corrected chi connectivity index (χ3v) is 7.24. The van der Waals surface area contributed by atoms with Crippen LogP contribution in [0.25, 0.3) is 0 Å². The van der Waals surface area contributed by atoms with Crippen molar-refractivity contribution in [2.45, 2.75) is 51.5 Å². The Bertz CT molecular complexity index is 1250. The number of hydrogen-bond acceptors (Lipinski definition) is 7. The van der Waals surface area contributed by atoms with Crippen molar-refractivity contribution >= 4 is 29.1 Å². The number of para-hydroxylation sites is 2. The molecule has 2 aromatic carbocycles. The molecule has 5 rings (SSSR count). The van der Waals surface area contributed by atoms with Crippen molar-refractivity contribution < 1.29 is 14.3 Å². The van der Waals surface area contributed by atoms with Crippen molar-refractivity contribution in [2.24, 2.45) is 0 Å². The fourth-order valence-electron chi connectivity index (χ4n) is 4.99. The molecule has 0 radical (unpaired) electrons. The number of nitrogens with one attached hydrogen (secondary N) is 1. The number of amides is 1. The van der Waals surface area contributed by atoms with Gasteiger partial charge in [-0.25, -0.2) is 9.97 Å². The number of fused-ring (bicyclic) bond motifs is 2. The number of benzene rings is 2. The molecule has 39 heavy (non-hydrogen) atoms. The summed E-state index contributed by atoms with van der Waals surface area (Å²) in [4.78, 5) is 27.1. The SMILES string of the molecule is O=C1CN(Cc2ccnc(N3CCCCC3)n2)CCCCCCOc2ccccc2Oc2ccc(Cl)cc2N1. The Morgan fingerprint density at radius 2 is 1.64 bits per heavy atom. The second-order valence-corrected chi connectivity index (χ2v) is 10.5. The van der Waals surface area contributed by atoms with Crippen LogP contribution < -0.4 is 19.7 Å². The second-order valence-electron chi connectivity index (χ2n) is 10.1.